The van der Waals surface area contributed by atoms with Gasteiger partial charge in [0.2, 0.25) is 0 Å². The summed E-state index contributed by atoms with van der Waals surface area (Å²) in [4.78, 5) is 7.23. The van der Waals surface area contributed by atoms with Crippen LogP contribution in [0.4, 0.5) is 4.70 Å². The second kappa shape index (κ2) is 6.03. The molecule has 0 atom stereocenters. The molecule has 1 aliphatic heterocycles. The summed E-state index contributed by atoms with van der Waals surface area (Å²) in [5.74, 6) is 0. The van der Waals surface area contributed by atoms with Crippen LogP contribution in [0.1, 0.15) is 6.92 Å². The quantitative estimate of drug-likeness (QED) is 0.513. The Labute approximate surface area is 68.5 Å². The maximum atomic E-state index is 5.18. The van der Waals surface area contributed by atoms with E-state index in [-0.39, 0.29) is 13.1 Å². The van der Waals surface area contributed by atoms with Crippen LogP contribution in [0.3, 0.4) is 0 Å². The summed E-state index contributed by atoms with van der Waals surface area (Å²) in [5.41, 5.74) is 0. The molecule has 66 valence electrons. The van der Waals surface area contributed by atoms with Crippen molar-refractivity contribution in [3.63, 3.8) is 0 Å². The van der Waals surface area contributed by atoms with Crippen LogP contribution in [0.5, 0.6) is 0 Å². The lowest BCUT2D eigenvalue weighted by molar-refractivity contribution is -0.121. The van der Waals surface area contributed by atoms with Crippen LogP contribution < -0.4 is 0 Å². The molecule has 0 aromatic heterocycles. The molecule has 0 aromatic rings. The molecule has 0 saturated heterocycles. The minimum atomic E-state index is 0. The second-order valence-corrected chi connectivity index (χ2v) is 2.03. The molecule has 0 bridgehead atoms. The second-order valence-electron chi connectivity index (χ2n) is 2.03. The molecule has 1 heterocycles. The lowest BCUT2D eigenvalue weighted by atomic mass is 10.8. The number of halogens is 1. The maximum Gasteiger partial charge on any atom is 0.115 e. The zero-order valence-electron chi connectivity index (χ0n) is 6.28. The molecule has 0 unspecified atom stereocenters. The number of rotatable bonds is 2. The topological polar surface area (TPSA) is 15.7 Å². The number of hydrogen-bond donors (Lipinski definition) is 0. The van der Waals surface area contributed by atoms with E-state index >= 15 is 0 Å². The SMILES string of the molecule is B.CCON1C=CN(C)C1.F. The molecule has 0 radical (unpaired) electrons. The normalized spacial score (nSPS) is 14.4. The first-order chi connectivity index (χ1) is 4.33. The van der Waals surface area contributed by atoms with Gasteiger partial charge >= 0.3 is 0 Å². The first-order valence-corrected chi connectivity index (χ1v) is 3.11. The lowest BCUT2D eigenvalue weighted by Crippen LogP contribution is -2.22. The van der Waals surface area contributed by atoms with Crippen molar-refractivity contribution in [2.75, 3.05) is 20.3 Å². The van der Waals surface area contributed by atoms with Crippen molar-refractivity contribution >= 4 is 8.41 Å². The molecule has 5 heteroatoms. The van der Waals surface area contributed by atoms with E-state index in [1.165, 1.54) is 0 Å². The maximum absolute atomic E-state index is 5.18. The van der Waals surface area contributed by atoms with Crippen LogP contribution >= 0.6 is 0 Å². The fourth-order valence-electron chi connectivity index (χ4n) is 0.752. The van der Waals surface area contributed by atoms with E-state index in [2.05, 4.69) is 4.90 Å². The van der Waals surface area contributed by atoms with Crippen molar-refractivity contribution < 1.29 is 9.54 Å². The molecule has 1 rings (SSSR count). The van der Waals surface area contributed by atoms with E-state index in [9.17, 15) is 0 Å². The number of nitrogens with zero attached hydrogens (tertiary/aromatic N) is 2. The molecule has 1 aliphatic rings. The highest BCUT2D eigenvalue weighted by Crippen LogP contribution is 2.02. The van der Waals surface area contributed by atoms with Gasteiger partial charge in [0.1, 0.15) is 6.67 Å². The Bertz CT molecular complexity index is 123. The van der Waals surface area contributed by atoms with Crippen molar-refractivity contribution in [1.82, 2.24) is 9.96 Å². The largest absolute Gasteiger partial charge is 0.360 e. The summed E-state index contributed by atoms with van der Waals surface area (Å²) in [6.07, 6.45) is 3.90. The van der Waals surface area contributed by atoms with E-state index < -0.39 is 0 Å². The molecule has 0 aromatic carbocycles. The molecule has 3 nitrogen and oxygen atoms in total. The zero-order chi connectivity index (χ0) is 6.69. The van der Waals surface area contributed by atoms with Gasteiger partial charge in [-0.2, -0.15) is 0 Å². The van der Waals surface area contributed by atoms with Gasteiger partial charge in [0, 0.05) is 19.4 Å². The Kier molecular flexibility index (Phi) is 7.09. The number of hydrogen-bond acceptors (Lipinski definition) is 3. The Morgan fingerprint density at radius 2 is 2.09 bits per heavy atom. The van der Waals surface area contributed by atoms with E-state index in [0.29, 0.717) is 0 Å². The molecule has 0 aliphatic carbocycles. The van der Waals surface area contributed by atoms with Crippen LogP contribution in [0.2, 0.25) is 0 Å². The fraction of sp³-hybridized carbons (Fsp3) is 0.667. The molecule has 11 heavy (non-hydrogen) atoms. The zero-order valence-corrected chi connectivity index (χ0v) is 6.28. The Morgan fingerprint density at radius 1 is 1.45 bits per heavy atom. The molecule has 0 saturated carbocycles. The molecule has 0 amide bonds. The minimum absolute atomic E-state index is 0. The highest BCUT2D eigenvalue weighted by Gasteiger charge is 2.06. The fourth-order valence-corrected chi connectivity index (χ4v) is 0.752. The van der Waals surface area contributed by atoms with Gasteiger partial charge in [-0.1, -0.05) is 0 Å². The molecule has 0 fully saturated rings. The minimum Gasteiger partial charge on any atom is -0.360 e. The predicted octanol–water partition coefficient (Wildman–Crippen LogP) is -0.417. The van der Waals surface area contributed by atoms with Crippen LogP contribution in [0.25, 0.3) is 0 Å². The van der Waals surface area contributed by atoms with Gasteiger partial charge < -0.3 is 4.90 Å². The lowest BCUT2D eigenvalue weighted by Gasteiger charge is -2.15. The molecule has 0 spiro atoms. The highest BCUT2D eigenvalue weighted by atomic mass is 19.0. The molecular weight excluding hydrogens is 146 g/mol. The van der Waals surface area contributed by atoms with Crippen molar-refractivity contribution in [1.29, 1.82) is 0 Å². The first kappa shape index (κ1) is 12.9. The summed E-state index contributed by atoms with van der Waals surface area (Å²) in [7, 11) is 2.01. The summed E-state index contributed by atoms with van der Waals surface area (Å²) >= 11 is 0. The Balaban J connectivity index is 0. The first-order valence-electron chi connectivity index (χ1n) is 3.11. The highest BCUT2D eigenvalue weighted by molar-refractivity contribution is 5.75. The van der Waals surface area contributed by atoms with Gasteiger partial charge in [0.25, 0.3) is 0 Å². The third kappa shape index (κ3) is 3.88. The monoisotopic (exact) mass is 162 g/mol. The summed E-state index contributed by atoms with van der Waals surface area (Å²) in [6, 6.07) is 0. The van der Waals surface area contributed by atoms with E-state index in [4.69, 9.17) is 4.84 Å². The van der Waals surface area contributed by atoms with Crippen molar-refractivity contribution in [3.05, 3.63) is 12.4 Å². The van der Waals surface area contributed by atoms with Crippen molar-refractivity contribution in [2.24, 2.45) is 0 Å². The summed E-state index contributed by atoms with van der Waals surface area (Å²) in [5, 5.41) is 1.81. The van der Waals surface area contributed by atoms with E-state index in [1.54, 1.807) is 5.06 Å². The third-order valence-electron chi connectivity index (χ3n) is 1.14. The van der Waals surface area contributed by atoms with Gasteiger partial charge in [-0.05, 0) is 6.92 Å². The summed E-state index contributed by atoms with van der Waals surface area (Å²) in [6.45, 7) is 3.55. The van der Waals surface area contributed by atoms with Gasteiger partial charge in [0.15, 0.2) is 0 Å². The predicted molar refractivity (Wildman–Crippen MR) is 47.7 cm³/mol. The van der Waals surface area contributed by atoms with Gasteiger partial charge in [-0.25, -0.2) is 5.06 Å². The van der Waals surface area contributed by atoms with Gasteiger partial charge in [-0.15, -0.1) is 0 Å². The smallest absolute Gasteiger partial charge is 0.115 e. The van der Waals surface area contributed by atoms with Crippen molar-refractivity contribution in [3.8, 4) is 0 Å². The van der Waals surface area contributed by atoms with E-state index in [1.807, 2.05) is 26.4 Å². The van der Waals surface area contributed by atoms with Gasteiger partial charge in [-0.3, -0.25) is 9.54 Å². The third-order valence-corrected chi connectivity index (χ3v) is 1.14. The summed E-state index contributed by atoms with van der Waals surface area (Å²) < 4.78 is 0. The van der Waals surface area contributed by atoms with Crippen LogP contribution in [0.15, 0.2) is 12.4 Å². The number of hydroxylamine groups is 2. The molecular formula is C6H16BFN2O. The van der Waals surface area contributed by atoms with Crippen LogP contribution in [0, 0.1) is 0 Å². The van der Waals surface area contributed by atoms with Crippen LogP contribution in [-0.4, -0.2) is 38.7 Å². The molecule has 0 N–H and O–H groups in total. The van der Waals surface area contributed by atoms with Crippen LogP contribution in [-0.2, 0) is 4.84 Å². The van der Waals surface area contributed by atoms with Gasteiger partial charge in [0.05, 0.1) is 15.0 Å². The van der Waals surface area contributed by atoms with Crippen molar-refractivity contribution in [2.45, 2.75) is 6.92 Å². The Hall–Kier alpha value is -0.705. The van der Waals surface area contributed by atoms with E-state index in [0.717, 1.165) is 13.3 Å². The Morgan fingerprint density at radius 3 is 2.45 bits per heavy atom. The average molecular weight is 162 g/mol. The standard InChI is InChI=1S/C6H12N2O.BH3.FH/c1-3-9-8-5-4-7(2)6-8;;/h4-5H,3,6H2,1-2H3;1H3;1H. The average Bonchev–Trinajstić information content (AvgIpc) is 2.17.